The standard InChI is InChI=1S/C20H27NO3/c1-15(22)18-11-17-12-20(23-9-10-24-20)8-7-19(17)21(14-18)13-16-5-3-2-4-6-16/h2-6,17-19H,7-14H2,1H3. The molecule has 1 spiro atoms. The molecule has 130 valence electrons. The Hall–Kier alpha value is -1.23. The van der Waals surface area contributed by atoms with Crippen molar-refractivity contribution in [1.82, 2.24) is 4.90 Å². The molecule has 0 bridgehead atoms. The van der Waals surface area contributed by atoms with Gasteiger partial charge in [-0.1, -0.05) is 30.3 Å². The molecule has 1 aliphatic carbocycles. The molecule has 3 aliphatic rings. The Bertz CT molecular complexity index is 582. The van der Waals surface area contributed by atoms with Crippen LogP contribution in [0.2, 0.25) is 0 Å². The fourth-order valence-electron chi connectivity index (χ4n) is 4.87. The van der Waals surface area contributed by atoms with Gasteiger partial charge in [0.2, 0.25) is 0 Å². The second-order valence-corrected chi connectivity index (χ2v) is 7.64. The van der Waals surface area contributed by atoms with Gasteiger partial charge in [0.25, 0.3) is 0 Å². The van der Waals surface area contributed by atoms with Gasteiger partial charge >= 0.3 is 0 Å². The Balaban J connectivity index is 1.53. The number of carbonyl (C=O) groups excluding carboxylic acids is 1. The molecule has 0 radical (unpaired) electrons. The zero-order chi connectivity index (χ0) is 16.6. The van der Waals surface area contributed by atoms with Crippen LogP contribution in [0.3, 0.4) is 0 Å². The van der Waals surface area contributed by atoms with Crippen LogP contribution in [0, 0.1) is 11.8 Å². The average Bonchev–Trinajstić information content (AvgIpc) is 3.03. The molecule has 0 amide bonds. The van der Waals surface area contributed by atoms with E-state index in [1.54, 1.807) is 6.92 Å². The van der Waals surface area contributed by atoms with E-state index in [1.165, 1.54) is 5.56 Å². The maximum absolute atomic E-state index is 12.1. The molecule has 1 aromatic carbocycles. The van der Waals surface area contributed by atoms with Gasteiger partial charge < -0.3 is 9.47 Å². The third-order valence-corrected chi connectivity index (χ3v) is 6.07. The first kappa shape index (κ1) is 16.2. The maximum atomic E-state index is 12.1. The Morgan fingerprint density at radius 1 is 1.25 bits per heavy atom. The lowest BCUT2D eigenvalue weighted by Crippen LogP contribution is -2.55. The Labute approximate surface area is 144 Å². The van der Waals surface area contributed by atoms with Gasteiger partial charge in [-0.3, -0.25) is 9.69 Å². The lowest BCUT2D eigenvalue weighted by Gasteiger charge is -2.50. The van der Waals surface area contributed by atoms with Crippen LogP contribution in [0.5, 0.6) is 0 Å². The van der Waals surface area contributed by atoms with Gasteiger partial charge in [-0.15, -0.1) is 0 Å². The van der Waals surface area contributed by atoms with Gasteiger partial charge in [0.15, 0.2) is 5.79 Å². The third-order valence-electron chi connectivity index (χ3n) is 6.07. The summed E-state index contributed by atoms with van der Waals surface area (Å²) in [7, 11) is 0. The monoisotopic (exact) mass is 329 g/mol. The second-order valence-electron chi connectivity index (χ2n) is 7.64. The number of hydrogen-bond acceptors (Lipinski definition) is 4. The number of carbonyl (C=O) groups is 1. The molecule has 3 fully saturated rings. The van der Waals surface area contributed by atoms with Crippen molar-refractivity contribution >= 4 is 5.78 Å². The van der Waals surface area contributed by atoms with Crippen molar-refractivity contribution in [1.29, 1.82) is 0 Å². The minimum atomic E-state index is -0.363. The van der Waals surface area contributed by atoms with Gasteiger partial charge in [0.1, 0.15) is 5.78 Å². The van der Waals surface area contributed by atoms with Crippen LogP contribution in [0.1, 0.15) is 38.2 Å². The second kappa shape index (κ2) is 6.58. The van der Waals surface area contributed by atoms with Crippen molar-refractivity contribution in [3.63, 3.8) is 0 Å². The summed E-state index contributed by atoms with van der Waals surface area (Å²) in [4.78, 5) is 14.6. The highest BCUT2D eigenvalue weighted by molar-refractivity contribution is 5.78. The van der Waals surface area contributed by atoms with Crippen LogP contribution >= 0.6 is 0 Å². The van der Waals surface area contributed by atoms with Crippen molar-refractivity contribution < 1.29 is 14.3 Å². The summed E-state index contributed by atoms with van der Waals surface area (Å²) in [5.74, 6) is 0.590. The predicted octanol–water partition coefficient (Wildman–Crippen LogP) is 3.01. The van der Waals surface area contributed by atoms with E-state index in [0.29, 0.717) is 31.0 Å². The Kier molecular flexibility index (Phi) is 4.46. The van der Waals surface area contributed by atoms with E-state index in [1.807, 2.05) is 0 Å². The normalized spacial score (nSPS) is 32.6. The van der Waals surface area contributed by atoms with E-state index in [0.717, 1.165) is 38.8 Å². The highest BCUT2D eigenvalue weighted by atomic mass is 16.7. The smallest absolute Gasteiger partial charge is 0.168 e. The maximum Gasteiger partial charge on any atom is 0.168 e. The molecule has 3 atom stereocenters. The molecule has 2 aliphatic heterocycles. The largest absolute Gasteiger partial charge is 0.348 e. The van der Waals surface area contributed by atoms with Gasteiger partial charge in [-0.05, 0) is 31.2 Å². The van der Waals surface area contributed by atoms with E-state index in [2.05, 4.69) is 35.2 Å². The first-order chi connectivity index (χ1) is 11.7. The van der Waals surface area contributed by atoms with Gasteiger partial charge in [-0.2, -0.15) is 0 Å². The molecule has 1 aromatic rings. The number of benzene rings is 1. The molecule has 0 N–H and O–H groups in total. The Morgan fingerprint density at radius 3 is 2.71 bits per heavy atom. The van der Waals surface area contributed by atoms with Crippen molar-refractivity contribution in [3.05, 3.63) is 35.9 Å². The van der Waals surface area contributed by atoms with Crippen LogP contribution < -0.4 is 0 Å². The highest BCUT2D eigenvalue weighted by Gasteiger charge is 2.49. The summed E-state index contributed by atoms with van der Waals surface area (Å²) in [5.41, 5.74) is 1.33. The van der Waals surface area contributed by atoms with Gasteiger partial charge in [-0.25, -0.2) is 0 Å². The first-order valence-electron chi connectivity index (χ1n) is 9.21. The summed E-state index contributed by atoms with van der Waals surface area (Å²) in [6, 6.07) is 11.1. The number of hydrogen-bond donors (Lipinski definition) is 0. The molecule has 2 heterocycles. The number of rotatable bonds is 3. The molecular weight excluding hydrogens is 302 g/mol. The number of nitrogens with zero attached hydrogens (tertiary/aromatic N) is 1. The number of Topliss-reactive ketones (excluding diaryl/α,β-unsaturated/α-hetero) is 1. The van der Waals surface area contributed by atoms with Crippen molar-refractivity contribution in [2.24, 2.45) is 11.8 Å². The van der Waals surface area contributed by atoms with E-state index < -0.39 is 0 Å². The lowest BCUT2D eigenvalue weighted by atomic mass is 9.71. The highest BCUT2D eigenvalue weighted by Crippen LogP contribution is 2.45. The topological polar surface area (TPSA) is 38.8 Å². The molecule has 4 rings (SSSR count). The number of ketones is 1. The van der Waals surface area contributed by atoms with Crippen molar-refractivity contribution in [2.45, 2.75) is 51.0 Å². The zero-order valence-corrected chi connectivity index (χ0v) is 14.4. The third kappa shape index (κ3) is 3.15. The van der Waals surface area contributed by atoms with Gasteiger partial charge in [0, 0.05) is 37.9 Å². The lowest BCUT2D eigenvalue weighted by molar-refractivity contribution is -0.204. The van der Waals surface area contributed by atoms with E-state index in [-0.39, 0.29) is 11.7 Å². The minimum Gasteiger partial charge on any atom is -0.348 e. The molecule has 24 heavy (non-hydrogen) atoms. The number of fused-ring (bicyclic) bond motifs is 1. The van der Waals surface area contributed by atoms with Crippen LogP contribution in [-0.2, 0) is 20.8 Å². The van der Waals surface area contributed by atoms with Crippen LogP contribution in [-0.4, -0.2) is 42.3 Å². The SMILES string of the molecule is CC(=O)C1CC2CC3(CCC2N(Cc2ccccc2)C1)OCCO3. The van der Waals surface area contributed by atoms with Crippen LogP contribution in [0.4, 0.5) is 0 Å². The van der Waals surface area contributed by atoms with Gasteiger partial charge in [0.05, 0.1) is 13.2 Å². The van der Waals surface area contributed by atoms with E-state index in [4.69, 9.17) is 9.47 Å². The minimum absolute atomic E-state index is 0.145. The first-order valence-corrected chi connectivity index (χ1v) is 9.21. The van der Waals surface area contributed by atoms with Crippen molar-refractivity contribution in [3.8, 4) is 0 Å². The van der Waals surface area contributed by atoms with E-state index >= 15 is 0 Å². The fourth-order valence-corrected chi connectivity index (χ4v) is 4.87. The number of ether oxygens (including phenoxy) is 2. The molecular formula is C20H27NO3. The molecule has 4 heteroatoms. The summed E-state index contributed by atoms with van der Waals surface area (Å²) in [6.07, 6.45) is 4.00. The fraction of sp³-hybridized carbons (Fsp3) is 0.650. The van der Waals surface area contributed by atoms with E-state index in [9.17, 15) is 4.79 Å². The average molecular weight is 329 g/mol. The molecule has 1 saturated carbocycles. The molecule has 2 saturated heterocycles. The molecule has 3 unspecified atom stereocenters. The van der Waals surface area contributed by atoms with Crippen LogP contribution in [0.15, 0.2) is 30.3 Å². The summed E-state index contributed by atoms with van der Waals surface area (Å²) < 4.78 is 11.9. The number of likely N-dealkylation sites (tertiary alicyclic amines) is 1. The quantitative estimate of drug-likeness (QED) is 0.854. The summed E-state index contributed by atoms with van der Waals surface area (Å²) in [6.45, 7) is 4.98. The predicted molar refractivity (Wildman–Crippen MR) is 91.4 cm³/mol. The summed E-state index contributed by atoms with van der Waals surface area (Å²) >= 11 is 0. The summed E-state index contributed by atoms with van der Waals surface area (Å²) in [5, 5.41) is 0. The number of piperidine rings is 1. The zero-order valence-electron chi connectivity index (χ0n) is 14.4. The van der Waals surface area contributed by atoms with Crippen molar-refractivity contribution in [2.75, 3.05) is 19.8 Å². The molecule has 4 nitrogen and oxygen atoms in total. The van der Waals surface area contributed by atoms with Crippen LogP contribution in [0.25, 0.3) is 0 Å². The molecule has 0 aromatic heterocycles. The Morgan fingerprint density at radius 2 is 2.00 bits per heavy atom.